The Morgan fingerprint density at radius 3 is 2.25 bits per heavy atom. The zero-order valence-electron chi connectivity index (χ0n) is 14.8. The highest BCUT2D eigenvalue weighted by Gasteiger charge is 2.08. The zero-order chi connectivity index (χ0) is 20.1. The van der Waals surface area contributed by atoms with Crippen molar-refractivity contribution in [1.82, 2.24) is 0 Å². The van der Waals surface area contributed by atoms with E-state index < -0.39 is 17.0 Å². The molecule has 0 heterocycles. The first-order valence-corrected chi connectivity index (χ1v) is 10.2. The molecule has 8 heteroatoms. The maximum Gasteiger partial charge on any atom is 0.323 e. The fourth-order valence-corrected chi connectivity index (χ4v) is 3.54. The van der Waals surface area contributed by atoms with Crippen LogP contribution >= 0.6 is 23.2 Å². The molecular formula is C20H17Cl2N3O2S. The van der Waals surface area contributed by atoms with Gasteiger partial charge in [0.1, 0.15) is 11.0 Å². The summed E-state index contributed by atoms with van der Waals surface area (Å²) in [4.78, 5) is 12.7. The fourth-order valence-electron chi connectivity index (χ4n) is 2.34. The summed E-state index contributed by atoms with van der Waals surface area (Å²) < 4.78 is 15.5. The van der Waals surface area contributed by atoms with Crippen molar-refractivity contribution in [2.75, 3.05) is 15.4 Å². The average Bonchev–Trinajstić information content (AvgIpc) is 2.67. The molecule has 1 atom stereocenters. The van der Waals surface area contributed by atoms with Gasteiger partial charge in [-0.2, -0.15) is 0 Å². The highest BCUT2D eigenvalue weighted by atomic mass is 35.5. The van der Waals surface area contributed by atoms with Gasteiger partial charge in [0.25, 0.3) is 0 Å². The molecule has 3 N–H and O–H groups in total. The van der Waals surface area contributed by atoms with Crippen LogP contribution in [0, 0.1) is 6.92 Å². The number of carbonyl (C=O) groups is 1. The van der Waals surface area contributed by atoms with E-state index in [0.717, 1.165) is 5.56 Å². The molecule has 2 amide bonds. The lowest BCUT2D eigenvalue weighted by atomic mass is 10.2. The van der Waals surface area contributed by atoms with Crippen LogP contribution in [0.5, 0.6) is 0 Å². The Morgan fingerprint density at radius 2 is 1.54 bits per heavy atom. The number of urea groups is 1. The summed E-state index contributed by atoms with van der Waals surface area (Å²) in [7, 11) is -1.51. The second-order valence-corrected chi connectivity index (χ2v) is 8.01. The van der Waals surface area contributed by atoms with Gasteiger partial charge < -0.3 is 15.4 Å². The van der Waals surface area contributed by atoms with Crippen LogP contribution in [-0.4, -0.2) is 10.2 Å². The predicted molar refractivity (Wildman–Crippen MR) is 117 cm³/mol. The predicted octanol–water partition coefficient (Wildman–Crippen LogP) is 6.08. The van der Waals surface area contributed by atoms with E-state index in [1.165, 1.54) is 0 Å². The van der Waals surface area contributed by atoms with Gasteiger partial charge in [0.05, 0.1) is 4.90 Å². The van der Waals surface area contributed by atoms with Crippen molar-refractivity contribution in [3.05, 3.63) is 82.3 Å². The molecule has 28 heavy (non-hydrogen) atoms. The standard InChI is InChI=1S/C20H17Cl2N3O2S/c1-13-5-8-17(12-19(13)22)25-28(27)18-4-2-3-16(11-18)24-20(26)23-15-9-6-14(21)7-10-15/h2-12,25H,1H3,(H2,23,24,26). The van der Waals surface area contributed by atoms with Gasteiger partial charge in [-0.1, -0.05) is 35.3 Å². The number of hydrogen-bond acceptors (Lipinski definition) is 2. The number of rotatable bonds is 5. The molecule has 1 unspecified atom stereocenters. The molecule has 0 radical (unpaired) electrons. The molecule has 3 rings (SSSR count). The average molecular weight is 434 g/mol. The molecule has 0 saturated carbocycles. The van der Waals surface area contributed by atoms with E-state index in [0.29, 0.717) is 32.0 Å². The first kappa shape index (κ1) is 20.2. The lowest BCUT2D eigenvalue weighted by Crippen LogP contribution is -2.19. The number of amides is 2. The molecule has 0 aliphatic heterocycles. The van der Waals surface area contributed by atoms with Crippen LogP contribution in [0.25, 0.3) is 0 Å². The van der Waals surface area contributed by atoms with Gasteiger partial charge in [0, 0.05) is 27.1 Å². The largest absolute Gasteiger partial charge is 0.323 e. The second-order valence-electron chi connectivity index (χ2n) is 5.95. The Bertz CT molecular complexity index is 1030. The van der Waals surface area contributed by atoms with Gasteiger partial charge >= 0.3 is 6.03 Å². The van der Waals surface area contributed by atoms with Crippen molar-refractivity contribution >= 4 is 57.3 Å². The molecule has 0 aromatic heterocycles. The number of anilines is 3. The molecule has 0 aliphatic rings. The molecule has 0 spiro atoms. The molecule has 3 aromatic carbocycles. The van der Waals surface area contributed by atoms with E-state index in [9.17, 15) is 9.00 Å². The Kier molecular flexibility index (Phi) is 6.57. The van der Waals surface area contributed by atoms with Crippen LogP contribution in [-0.2, 0) is 11.0 Å². The van der Waals surface area contributed by atoms with Crippen LogP contribution in [0.1, 0.15) is 5.56 Å². The van der Waals surface area contributed by atoms with Crippen LogP contribution < -0.4 is 15.4 Å². The highest BCUT2D eigenvalue weighted by molar-refractivity contribution is 7.86. The van der Waals surface area contributed by atoms with Gasteiger partial charge in [0.2, 0.25) is 0 Å². The SMILES string of the molecule is Cc1ccc(NS(=O)c2cccc(NC(=O)Nc3ccc(Cl)cc3)c2)cc1Cl. The van der Waals surface area contributed by atoms with Crippen LogP contribution in [0.15, 0.2) is 71.6 Å². The van der Waals surface area contributed by atoms with E-state index in [1.807, 2.05) is 13.0 Å². The minimum Gasteiger partial charge on any atom is -0.308 e. The van der Waals surface area contributed by atoms with Gasteiger partial charge in [-0.05, 0) is 67.1 Å². The van der Waals surface area contributed by atoms with E-state index in [-0.39, 0.29) is 0 Å². The molecular weight excluding hydrogens is 417 g/mol. The van der Waals surface area contributed by atoms with Crippen molar-refractivity contribution < 1.29 is 9.00 Å². The smallest absolute Gasteiger partial charge is 0.308 e. The minimum absolute atomic E-state index is 0.413. The molecule has 0 saturated heterocycles. The summed E-state index contributed by atoms with van der Waals surface area (Å²) in [6, 6.07) is 18.5. The number of halogens is 2. The maximum absolute atomic E-state index is 12.6. The monoisotopic (exact) mass is 433 g/mol. The van der Waals surface area contributed by atoms with Crippen molar-refractivity contribution in [3.63, 3.8) is 0 Å². The summed E-state index contributed by atoms with van der Waals surface area (Å²) in [5.41, 5.74) is 2.71. The Labute approximate surface area is 175 Å². The lowest BCUT2D eigenvalue weighted by Gasteiger charge is -2.10. The third kappa shape index (κ3) is 5.48. The van der Waals surface area contributed by atoms with E-state index in [2.05, 4.69) is 15.4 Å². The lowest BCUT2D eigenvalue weighted by molar-refractivity contribution is 0.262. The number of benzene rings is 3. The maximum atomic E-state index is 12.6. The van der Waals surface area contributed by atoms with Gasteiger partial charge in [-0.3, -0.25) is 0 Å². The number of nitrogens with one attached hydrogen (secondary N) is 3. The van der Waals surface area contributed by atoms with Crippen molar-refractivity contribution in [2.24, 2.45) is 0 Å². The van der Waals surface area contributed by atoms with Crippen LogP contribution in [0.2, 0.25) is 10.0 Å². The van der Waals surface area contributed by atoms with Gasteiger partial charge in [-0.25, -0.2) is 9.00 Å². The van der Waals surface area contributed by atoms with E-state index in [1.54, 1.807) is 60.7 Å². The summed E-state index contributed by atoms with van der Waals surface area (Å²) in [6.07, 6.45) is 0. The van der Waals surface area contributed by atoms with Crippen molar-refractivity contribution in [1.29, 1.82) is 0 Å². The van der Waals surface area contributed by atoms with Gasteiger partial charge in [0.15, 0.2) is 0 Å². The van der Waals surface area contributed by atoms with Crippen LogP contribution in [0.4, 0.5) is 21.9 Å². The first-order valence-electron chi connectivity index (χ1n) is 8.29. The topological polar surface area (TPSA) is 70.2 Å². The fraction of sp³-hybridized carbons (Fsp3) is 0.0500. The van der Waals surface area contributed by atoms with E-state index >= 15 is 0 Å². The minimum atomic E-state index is -1.51. The Morgan fingerprint density at radius 1 is 0.857 bits per heavy atom. The Hall–Kier alpha value is -2.54. The number of aryl methyl sites for hydroxylation is 1. The van der Waals surface area contributed by atoms with Crippen molar-refractivity contribution in [2.45, 2.75) is 11.8 Å². The third-order valence-electron chi connectivity index (χ3n) is 3.79. The van der Waals surface area contributed by atoms with Crippen molar-refractivity contribution in [3.8, 4) is 0 Å². The van der Waals surface area contributed by atoms with Crippen LogP contribution in [0.3, 0.4) is 0 Å². The second kappa shape index (κ2) is 9.10. The normalized spacial score (nSPS) is 11.5. The molecule has 0 fully saturated rings. The Balaban J connectivity index is 1.65. The summed E-state index contributed by atoms with van der Waals surface area (Å²) in [6.45, 7) is 1.90. The van der Waals surface area contributed by atoms with Gasteiger partial charge in [-0.15, -0.1) is 0 Å². The molecule has 0 bridgehead atoms. The number of hydrogen-bond donors (Lipinski definition) is 3. The molecule has 3 aromatic rings. The summed E-state index contributed by atoms with van der Waals surface area (Å²) in [5.74, 6) is 0. The number of carbonyl (C=O) groups excluding carboxylic acids is 1. The zero-order valence-corrected chi connectivity index (χ0v) is 17.2. The summed E-state index contributed by atoms with van der Waals surface area (Å²) in [5, 5.41) is 6.60. The summed E-state index contributed by atoms with van der Waals surface area (Å²) >= 11 is 11.9. The molecule has 5 nitrogen and oxygen atoms in total. The third-order valence-corrected chi connectivity index (χ3v) is 5.55. The first-order chi connectivity index (χ1) is 13.4. The molecule has 144 valence electrons. The quantitative estimate of drug-likeness (QED) is 0.456. The molecule has 0 aliphatic carbocycles. The van der Waals surface area contributed by atoms with E-state index in [4.69, 9.17) is 23.2 Å². The highest BCUT2D eigenvalue weighted by Crippen LogP contribution is 2.22.